The minimum absolute atomic E-state index is 0.190. The summed E-state index contributed by atoms with van der Waals surface area (Å²) in [5, 5.41) is 13.8. The van der Waals surface area contributed by atoms with Crippen LogP contribution in [0.3, 0.4) is 0 Å². The lowest BCUT2D eigenvalue weighted by atomic mass is 10.2. The second-order valence-electron chi connectivity index (χ2n) is 3.99. The Balaban J connectivity index is 2.49. The van der Waals surface area contributed by atoms with Crippen LogP contribution >= 0.6 is 0 Å². The summed E-state index contributed by atoms with van der Waals surface area (Å²) >= 11 is 0. The average molecular weight is 276 g/mol. The third-order valence-electron chi connectivity index (χ3n) is 2.48. The normalized spacial score (nSPS) is 12.1. The van der Waals surface area contributed by atoms with Gasteiger partial charge in [0.2, 0.25) is 0 Å². The number of anilines is 1. The summed E-state index contributed by atoms with van der Waals surface area (Å²) < 4.78 is 38.4. The van der Waals surface area contributed by atoms with Crippen LogP contribution in [0.5, 0.6) is 0 Å². The molecule has 2 amide bonds. The smallest absolute Gasteiger partial charge is 0.319 e. The van der Waals surface area contributed by atoms with E-state index in [1.54, 1.807) is 6.92 Å². The van der Waals surface area contributed by atoms with Crippen LogP contribution in [0.25, 0.3) is 0 Å². The predicted molar refractivity (Wildman–Crippen MR) is 64.3 cm³/mol. The summed E-state index contributed by atoms with van der Waals surface area (Å²) in [5.41, 5.74) is -0.190. The molecule has 0 spiro atoms. The van der Waals surface area contributed by atoms with Crippen LogP contribution in [0.1, 0.15) is 19.8 Å². The summed E-state index contributed by atoms with van der Waals surface area (Å²) in [5.74, 6) is -4.34. The van der Waals surface area contributed by atoms with Gasteiger partial charge in [0.05, 0.1) is 6.10 Å². The molecule has 0 heterocycles. The van der Waals surface area contributed by atoms with Gasteiger partial charge in [-0.15, -0.1) is 0 Å². The first-order valence-electron chi connectivity index (χ1n) is 5.81. The molecule has 1 aromatic carbocycles. The molecule has 0 aliphatic heterocycles. The minimum atomic E-state index is -1.59. The van der Waals surface area contributed by atoms with Gasteiger partial charge >= 0.3 is 6.03 Å². The monoisotopic (exact) mass is 276 g/mol. The molecule has 1 atom stereocenters. The van der Waals surface area contributed by atoms with Crippen molar-refractivity contribution < 1.29 is 23.1 Å². The molecule has 0 fully saturated rings. The van der Waals surface area contributed by atoms with E-state index in [-0.39, 0.29) is 12.2 Å². The summed E-state index contributed by atoms with van der Waals surface area (Å²) in [6.07, 6.45) is 0.425. The van der Waals surface area contributed by atoms with Crippen molar-refractivity contribution in [3.8, 4) is 0 Å². The first-order valence-corrected chi connectivity index (χ1v) is 5.81. The number of halogens is 3. The summed E-state index contributed by atoms with van der Waals surface area (Å²) in [6, 6.07) is 0.673. The number of hydrogen-bond acceptors (Lipinski definition) is 2. The fraction of sp³-hybridized carbons (Fsp3) is 0.417. The summed E-state index contributed by atoms with van der Waals surface area (Å²) in [6.45, 7) is 2.02. The van der Waals surface area contributed by atoms with Gasteiger partial charge < -0.3 is 15.7 Å². The van der Waals surface area contributed by atoms with Crippen molar-refractivity contribution in [2.75, 3.05) is 11.9 Å². The van der Waals surface area contributed by atoms with E-state index < -0.39 is 29.6 Å². The van der Waals surface area contributed by atoms with E-state index in [2.05, 4.69) is 10.6 Å². The van der Waals surface area contributed by atoms with Gasteiger partial charge in [-0.05, 0) is 12.8 Å². The second-order valence-corrected chi connectivity index (χ2v) is 3.99. The van der Waals surface area contributed by atoms with Gasteiger partial charge in [0.25, 0.3) is 0 Å². The van der Waals surface area contributed by atoms with E-state index in [1.807, 2.05) is 0 Å². The van der Waals surface area contributed by atoms with Gasteiger partial charge in [-0.1, -0.05) is 6.92 Å². The molecule has 0 aliphatic carbocycles. The van der Waals surface area contributed by atoms with Crippen LogP contribution in [-0.4, -0.2) is 23.8 Å². The van der Waals surface area contributed by atoms with Crippen molar-refractivity contribution >= 4 is 11.7 Å². The molecule has 0 aliphatic rings. The Morgan fingerprint density at radius 2 is 1.89 bits per heavy atom. The van der Waals surface area contributed by atoms with Crippen LogP contribution in [0, 0.1) is 17.5 Å². The zero-order valence-electron chi connectivity index (χ0n) is 10.3. The SMILES string of the molecule is CCC(O)CCNC(=O)Nc1cc(F)c(F)c(F)c1. The molecule has 3 N–H and O–H groups in total. The molecule has 19 heavy (non-hydrogen) atoms. The van der Waals surface area contributed by atoms with Crippen molar-refractivity contribution in [1.82, 2.24) is 5.32 Å². The molecule has 1 aromatic rings. The van der Waals surface area contributed by atoms with E-state index in [9.17, 15) is 23.1 Å². The Hall–Kier alpha value is -1.76. The van der Waals surface area contributed by atoms with Gasteiger partial charge in [0.1, 0.15) is 0 Å². The Morgan fingerprint density at radius 1 is 1.32 bits per heavy atom. The van der Waals surface area contributed by atoms with Gasteiger partial charge in [-0.25, -0.2) is 18.0 Å². The predicted octanol–water partition coefficient (Wildman–Crippen LogP) is 2.39. The molecule has 0 radical (unpaired) electrons. The second kappa shape index (κ2) is 6.98. The minimum Gasteiger partial charge on any atom is -0.393 e. The van der Waals surface area contributed by atoms with E-state index in [1.165, 1.54) is 0 Å². The van der Waals surface area contributed by atoms with Crippen LogP contribution in [-0.2, 0) is 0 Å². The van der Waals surface area contributed by atoms with E-state index in [0.717, 1.165) is 0 Å². The fourth-order valence-electron chi connectivity index (χ4n) is 1.36. The lowest BCUT2D eigenvalue weighted by Crippen LogP contribution is -2.31. The molecular formula is C12H15F3N2O2. The number of aliphatic hydroxyl groups excluding tert-OH is 1. The van der Waals surface area contributed by atoms with Crippen LogP contribution in [0.15, 0.2) is 12.1 Å². The van der Waals surface area contributed by atoms with Crippen molar-refractivity contribution in [3.05, 3.63) is 29.6 Å². The number of hydrogen-bond donors (Lipinski definition) is 3. The molecule has 1 unspecified atom stereocenters. The number of urea groups is 1. The Morgan fingerprint density at radius 3 is 2.42 bits per heavy atom. The average Bonchev–Trinajstić information content (AvgIpc) is 2.35. The van der Waals surface area contributed by atoms with Crippen molar-refractivity contribution in [2.24, 2.45) is 0 Å². The van der Waals surface area contributed by atoms with Crippen molar-refractivity contribution in [2.45, 2.75) is 25.9 Å². The maximum Gasteiger partial charge on any atom is 0.319 e. The maximum atomic E-state index is 12.9. The van der Waals surface area contributed by atoms with E-state index in [0.29, 0.717) is 25.0 Å². The molecule has 1 rings (SSSR count). The molecule has 0 saturated heterocycles. The van der Waals surface area contributed by atoms with Gasteiger partial charge in [-0.2, -0.15) is 0 Å². The number of nitrogens with one attached hydrogen (secondary N) is 2. The molecule has 7 heteroatoms. The summed E-state index contributed by atoms with van der Waals surface area (Å²) in [7, 11) is 0. The molecule has 106 valence electrons. The van der Waals surface area contributed by atoms with Crippen LogP contribution < -0.4 is 10.6 Å². The Kier molecular flexibility index (Phi) is 5.62. The lowest BCUT2D eigenvalue weighted by Gasteiger charge is -2.10. The quantitative estimate of drug-likeness (QED) is 0.723. The highest BCUT2D eigenvalue weighted by atomic mass is 19.2. The molecule has 0 saturated carbocycles. The number of benzene rings is 1. The van der Waals surface area contributed by atoms with E-state index in [4.69, 9.17) is 0 Å². The zero-order valence-corrected chi connectivity index (χ0v) is 10.3. The number of rotatable bonds is 5. The highest BCUT2D eigenvalue weighted by Gasteiger charge is 2.12. The third-order valence-corrected chi connectivity index (χ3v) is 2.48. The molecule has 0 bridgehead atoms. The first kappa shape index (κ1) is 15.3. The van der Waals surface area contributed by atoms with Crippen LogP contribution in [0.4, 0.5) is 23.7 Å². The van der Waals surface area contributed by atoms with Crippen molar-refractivity contribution in [3.63, 3.8) is 0 Å². The van der Waals surface area contributed by atoms with Gasteiger partial charge in [0.15, 0.2) is 17.5 Å². The lowest BCUT2D eigenvalue weighted by molar-refractivity contribution is 0.160. The Bertz CT molecular complexity index is 432. The Labute approximate surface area is 108 Å². The van der Waals surface area contributed by atoms with Crippen molar-refractivity contribution in [1.29, 1.82) is 0 Å². The highest BCUT2D eigenvalue weighted by Crippen LogP contribution is 2.17. The maximum absolute atomic E-state index is 12.9. The molecule has 0 aromatic heterocycles. The third kappa shape index (κ3) is 4.78. The number of amides is 2. The first-order chi connectivity index (χ1) is 8.93. The number of aliphatic hydroxyl groups is 1. The number of carbonyl (C=O) groups is 1. The summed E-state index contributed by atoms with van der Waals surface area (Å²) in [4.78, 5) is 11.3. The van der Waals surface area contributed by atoms with E-state index >= 15 is 0 Å². The molecular weight excluding hydrogens is 261 g/mol. The number of carbonyl (C=O) groups excluding carboxylic acids is 1. The largest absolute Gasteiger partial charge is 0.393 e. The topological polar surface area (TPSA) is 61.4 Å². The highest BCUT2D eigenvalue weighted by molar-refractivity contribution is 5.89. The van der Waals surface area contributed by atoms with Crippen LogP contribution in [0.2, 0.25) is 0 Å². The van der Waals surface area contributed by atoms with Gasteiger partial charge in [-0.3, -0.25) is 0 Å². The molecule has 4 nitrogen and oxygen atoms in total. The zero-order chi connectivity index (χ0) is 14.4. The fourth-order valence-corrected chi connectivity index (χ4v) is 1.36. The standard InChI is InChI=1S/C12H15F3N2O2/c1-2-8(18)3-4-16-12(19)17-7-5-9(13)11(15)10(14)6-7/h5-6,8,18H,2-4H2,1H3,(H2,16,17,19). The van der Waals surface area contributed by atoms with Gasteiger partial charge in [0, 0.05) is 24.4 Å².